The average Bonchev–Trinajstić information content (AvgIpc) is 2.62. The molecule has 1 aliphatic heterocycles. The fraction of sp³-hybridized carbons (Fsp3) is 0.143. The average molecular weight is 367 g/mol. The van der Waals surface area contributed by atoms with Gasteiger partial charge >= 0.3 is 0 Å². The highest BCUT2D eigenvalue weighted by Crippen LogP contribution is 2.37. The van der Waals surface area contributed by atoms with Crippen LogP contribution in [0.5, 0.6) is 0 Å². The lowest BCUT2D eigenvalue weighted by Crippen LogP contribution is -2.28. The Morgan fingerprint density at radius 3 is 2.19 bits per heavy atom. The maximum Gasteiger partial charge on any atom is 0.248 e. The van der Waals surface area contributed by atoms with E-state index >= 15 is 0 Å². The predicted octanol–water partition coefficient (Wildman–Crippen LogP) is 4.02. The van der Waals surface area contributed by atoms with Crippen molar-refractivity contribution in [3.63, 3.8) is 0 Å². The third kappa shape index (κ3) is 3.41. The quantitative estimate of drug-likeness (QED) is 0.753. The van der Waals surface area contributed by atoms with Gasteiger partial charge in [0.2, 0.25) is 11.8 Å². The van der Waals surface area contributed by atoms with Crippen molar-refractivity contribution < 1.29 is 9.59 Å². The third-order valence-electron chi connectivity index (χ3n) is 4.21. The summed E-state index contributed by atoms with van der Waals surface area (Å²) >= 11 is 6.00. The van der Waals surface area contributed by atoms with E-state index in [0.29, 0.717) is 10.7 Å². The molecule has 26 heavy (non-hydrogen) atoms. The Hall–Kier alpha value is -2.85. The molecule has 4 nitrogen and oxygen atoms in total. The molecule has 0 N–H and O–H groups in total. The fourth-order valence-corrected chi connectivity index (χ4v) is 2.98. The van der Waals surface area contributed by atoms with Crippen molar-refractivity contribution in [1.82, 2.24) is 9.80 Å². The van der Waals surface area contributed by atoms with E-state index in [9.17, 15) is 9.59 Å². The zero-order valence-corrected chi connectivity index (χ0v) is 15.6. The Bertz CT molecular complexity index is 927. The highest BCUT2D eigenvalue weighted by Gasteiger charge is 2.26. The third-order valence-corrected chi connectivity index (χ3v) is 4.46. The standard InChI is InChI=1S/C21H19ClN2O2/c1-14(25)24-13-19(15-8-10-16(22)11-9-15)17-6-4-5-7-18(17)20(24)12-21(26)23(2)3/h4-13H,1-3H3/b20-12+. The Balaban J connectivity index is 2.22. The van der Waals surface area contributed by atoms with E-state index in [1.165, 1.54) is 22.8 Å². The van der Waals surface area contributed by atoms with Crippen LogP contribution in [0, 0.1) is 0 Å². The molecule has 5 heteroatoms. The van der Waals surface area contributed by atoms with E-state index in [-0.39, 0.29) is 11.8 Å². The molecule has 0 unspecified atom stereocenters. The predicted molar refractivity (Wildman–Crippen MR) is 104 cm³/mol. The van der Waals surface area contributed by atoms with Crippen LogP contribution in [0.2, 0.25) is 5.02 Å². The van der Waals surface area contributed by atoms with Crippen LogP contribution in [0.3, 0.4) is 0 Å². The van der Waals surface area contributed by atoms with E-state index in [1.807, 2.05) is 48.5 Å². The Labute approximate surface area is 158 Å². The van der Waals surface area contributed by atoms with Gasteiger partial charge in [-0.2, -0.15) is 0 Å². The molecule has 0 saturated heterocycles. The number of halogens is 1. The van der Waals surface area contributed by atoms with E-state index in [4.69, 9.17) is 11.6 Å². The smallest absolute Gasteiger partial charge is 0.248 e. The van der Waals surface area contributed by atoms with Gasteiger partial charge in [0.25, 0.3) is 0 Å². The largest absolute Gasteiger partial charge is 0.345 e. The molecule has 2 amide bonds. The Kier molecular flexibility index (Phi) is 4.96. The molecule has 2 aromatic carbocycles. The van der Waals surface area contributed by atoms with E-state index in [0.717, 1.165) is 22.3 Å². The van der Waals surface area contributed by atoms with Crippen LogP contribution in [0.4, 0.5) is 0 Å². The summed E-state index contributed by atoms with van der Waals surface area (Å²) < 4.78 is 0. The number of fused-ring (bicyclic) bond motifs is 1. The summed E-state index contributed by atoms with van der Waals surface area (Å²) in [4.78, 5) is 27.6. The summed E-state index contributed by atoms with van der Waals surface area (Å²) in [5, 5.41) is 0.652. The summed E-state index contributed by atoms with van der Waals surface area (Å²) in [6.45, 7) is 1.48. The van der Waals surface area contributed by atoms with Gasteiger partial charge in [0, 0.05) is 49.5 Å². The van der Waals surface area contributed by atoms with Crippen molar-refractivity contribution in [1.29, 1.82) is 0 Å². The molecule has 1 heterocycles. The van der Waals surface area contributed by atoms with Crippen molar-refractivity contribution >= 4 is 34.7 Å². The van der Waals surface area contributed by atoms with Crippen LogP contribution >= 0.6 is 11.6 Å². The highest BCUT2D eigenvalue weighted by molar-refractivity contribution is 6.30. The van der Waals surface area contributed by atoms with Crippen molar-refractivity contribution in [2.24, 2.45) is 0 Å². The lowest BCUT2D eigenvalue weighted by Gasteiger charge is -2.30. The topological polar surface area (TPSA) is 40.6 Å². The zero-order valence-electron chi connectivity index (χ0n) is 14.9. The molecular weight excluding hydrogens is 348 g/mol. The van der Waals surface area contributed by atoms with Crippen molar-refractivity contribution in [3.05, 3.63) is 82.5 Å². The fourth-order valence-electron chi connectivity index (χ4n) is 2.85. The van der Waals surface area contributed by atoms with Crippen LogP contribution < -0.4 is 0 Å². The molecule has 0 spiro atoms. The van der Waals surface area contributed by atoms with Gasteiger partial charge in [0.15, 0.2) is 0 Å². The molecule has 132 valence electrons. The maximum absolute atomic E-state index is 12.3. The number of nitrogens with zero attached hydrogens (tertiary/aromatic N) is 2. The van der Waals surface area contributed by atoms with Gasteiger partial charge in [-0.3, -0.25) is 14.5 Å². The number of amides is 2. The van der Waals surface area contributed by atoms with Crippen LogP contribution in [-0.4, -0.2) is 35.7 Å². The van der Waals surface area contributed by atoms with Crippen LogP contribution in [0.15, 0.2) is 60.8 Å². The SMILES string of the molecule is CC(=O)N1C=C(c2ccc(Cl)cc2)c2ccccc2/C1=C\C(=O)N(C)C. The summed E-state index contributed by atoms with van der Waals surface area (Å²) in [6, 6.07) is 15.2. The number of hydrogen-bond acceptors (Lipinski definition) is 2. The second-order valence-corrected chi connectivity index (χ2v) is 6.68. The lowest BCUT2D eigenvalue weighted by atomic mass is 9.89. The summed E-state index contributed by atoms with van der Waals surface area (Å²) in [5.41, 5.74) is 4.23. The molecule has 0 atom stereocenters. The van der Waals surface area contributed by atoms with Crippen molar-refractivity contribution in [2.75, 3.05) is 14.1 Å². The van der Waals surface area contributed by atoms with Crippen molar-refractivity contribution in [3.8, 4) is 0 Å². The minimum Gasteiger partial charge on any atom is -0.345 e. The number of rotatable bonds is 2. The lowest BCUT2D eigenvalue weighted by molar-refractivity contribution is -0.123. The molecular formula is C21H19ClN2O2. The van der Waals surface area contributed by atoms with Gasteiger partial charge in [0.1, 0.15) is 0 Å². The second-order valence-electron chi connectivity index (χ2n) is 6.25. The molecule has 0 bridgehead atoms. The van der Waals surface area contributed by atoms with E-state index < -0.39 is 0 Å². The first-order valence-electron chi connectivity index (χ1n) is 8.19. The second kappa shape index (κ2) is 7.18. The van der Waals surface area contributed by atoms with Crippen LogP contribution in [0.1, 0.15) is 23.6 Å². The molecule has 0 saturated carbocycles. The minimum atomic E-state index is -0.176. The maximum atomic E-state index is 12.3. The number of likely N-dealkylation sites (N-methyl/N-ethyl adjacent to an activating group) is 1. The highest BCUT2D eigenvalue weighted by atomic mass is 35.5. The molecule has 0 radical (unpaired) electrons. The Morgan fingerprint density at radius 2 is 1.62 bits per heavy atom. The van der Waals surface area contributed by atoms with Gasteiger partial charge in [-0.25, -0.2) is 0 Å². The summed E-state index contributed by atoms with van der Waals surface area (Å²) in [7, 11) is 3.36. The number of carbonyl (C=O) groups is 2. The molecule has 0 aromatic heterocycles. The van der Waals surface area contributed by atoms with Gasteiger partial charge in [-0.15, -0.1) is 0 Å². The summed E-state index contributed by atoms with van der Waals surface area (Å²) in [5.74, 6) is -0.340. The van der Waals surface area contributed by atoms with Crippen LogP contribution in [-0.2, 0) is 9.59 Å². The monoisotopic (exact) mass is 366 g/mol. The molecule has 0 aliphatic carbocycles. The number of hydrogen-bond donors (Lipinski definition) is 0. The van der Waals surface area contributed by atoms with E-state index in [1.54, 1.807) is 20.3 Å². The Morgan fingerprint density at radius 1 is 1.00 bits per heavy atom. The van der Waals surface area contributed by atoms with Gasteiger partial charge in [-0.1, -0.05) is 48.0 Å². The molecule has 0 fully saturated rings. The molecule has 3 rings (SSSR count). The first-order chi connectivity index (χ1) is 12.4. The first kappa shape index (κ1) is 18.0. The van der Waals surface area contributed by atoms with Gasteiger partial charge < -0.3 is 4.90 Å². The number of carbonyl (C=O) groups excluding carboxylic acids is 2. The van der Waals surface area contributed by atoms with Gasteiger partial charge in [0.05, 0.1) is 5.70 Å². The molecule has 1 aliphatic rings. The molecule has 2 aromatic rings. The number of benzene rings is 2. The first-order valence-corrected chi connectivity index (χ1v) is 8.56. The normalized spacial score (nSPS) is 14.7. The van der Waals surface area contributed by atoms with Crippen LogP contribution in [0.25, 0.3) is 11.3 Å². The van der Waals surface area contributed by atoms with Gasteiger partial charge in [-0.05, 0) is 23.3 Å². The summed E-state index contributed by atoms with van der Waals surface area (Å²) in [6.07, 6.45) is 3.28. The minimum absolute atomic E-state index is 0.163. The van der Waals surface area contributed by atoms with E-state index in [2.05, 4.69) is 0 Å². The van der Waals surface area contributed by atoms with Crippen molar-refractivity contribution in [2.45, 2.75) is 6.92 Å². The zero-order chi connectivity index (χ0) is 18.8.